The highest BCUT2D eigenvalue weighted by Crippen LogP contribution is 2.23. The van der Waals surface area contributed by atoms with E-state index in [0.29, 0.717) is 21.8 Å². The Morgan fingerprint density at radius 3 is 2.25 bits per heavy atom. The highest BCUT2D eigenvalue weighted by molar-refractivity contribution is 6.33. The first-order valence-corrected chi connectivity index (χ1v) is 5.38. The van der Waals surface area contributed by atoms with Crippen LogP contribution in [0.4, 0.5) is 5.69 Å². The van der Waals surface area contributed by atoms with E-state index in [1.165, 1.54) is 6.07 Å². The van der Waals surface area contributed by atoms with Crippen LogP contribution in [0.15, 0.2) is 24.3 Å². The van der Waals surface area contributed by atoms with E-state index in [9.17, 15) is 0 Å². The van der Waals surface area contributed by atoms with Crippen molar-refractivity contribution in [3.63, 3.8) is 0 Å². The molecule has 0 saturated carbocycles. The van der Waals surface area contributed by atoms with Gasteiger partial charge in [0.15, 0.2) is 5.82 Å². The Labute approximate surface area is 103 Å². The highest BCUT2D eigenvalue weighted by Gasteiger charge is 2.06. The predicted octanol–water partition coefficient (Wildman–Crippen LogP) is 3.34. The van der Waals surface area contributed by atoms with E-state index in [0.717, 1.165) is 11.1 Å². The lowest BCUT2D eigenvalue weighted by molar-refractivity contribution is 1.18. The third-order valence-electron chi connectivity index (χ3n) is 2.20. The second-order valence-corrected chi connectivity index (χ2v) is 4.18. The van der Waals surface area contributed by atoms with Crippen molar-refractivity contribution >= 4 is 28.9 Å². The molecule has 0 atom stereocenters. The van der Waals surface area contributed by atoms with Gasteiger partial charge in [-0.15, -0.1) is 0 Å². The SMILES string of the molecule is Cc1ccc(-c2nc(Cl)cc(Cl)n2)cc1N. The second-order valence-electron chi connectivity index (χ2n) is 3.41. The lowest BCUT2D eigenvalue weighted by Gasteiger charge is -2.04. The lowest BCUT2D eigenvalue weighted by atomic mass is 10.1. The molecular formula is C11H9Cl2N3. The van der Waals surface area contributed by atoms with Crippen molar-refractivity contribution in [2.75, 3.05) is 5.73 Å². The summed E-state index contributed by atoms with van der Waals surface area (Å²) < 4.78 is 0. The van der Waals surface area contributed by atoms with Gasteiger partial charge >= 0.3 is 0 Å². The molecule has 0 aliphatic heterocycles. The maximum atomic E-state index is 5.81. The summed E-state index contributed by atoms with van der Waals surface area (Å²) in [5.41, 5.74) is 8.31. The van der Waals surface area contributed by atoms with Gasteiger partial charge in [-0.1, -0.05) is 35.3 Å². The Morgan fingerprint density at radius 1 is 1.06 bits per heavy atom. The molecule has 2 rings (SSSR count). The summed E-state index contributed by atoms with van der Waals surface area (Å²) in [6.07, 6.45) is 0. The number of benzene rings is 1. The minimum atomic E-state index is 0.314. The van der Waals surface area contributed by atoms with Gasteiger partial charge in [0.2, 0.25) is 0 Å². The van der Waals surface area contributed by atoms with Crippen molar-refractivity contribution in [1.29, 1.82) is 0 Å². The van der Waals surface area contributed by atoms with E-state index < -0.39 is 0 Å². The number of anilines is 1. The molecule has 1 aromatic carbocycles. The number of nitrogens with two attached hydrogens (primary N) is 1. The second kappa shape index (κ2) is 4.28. The van der Waals surface area contributed by atoms with Gasteiger partial charge in [0, 0.05) is 17.3 Å². The molecule has 0 saturated heterocycles. The molecule has 0 aliphatic rings. The van der Waals surface area contributed by atoms with Crippen molar-refractivity contribution in [2.45, 2.75) is 6.92 Å². The predicted molar refractivity (Wildman–Crippen MR) is 66.6 cm³/mol. The van der Waals surface area contributed by atoms with Crippen LogP contribution in [0.5, 0.6) is 0 Å². The molecule has 0 fully saturated rings. The fourth-order valence-corrected chi connectivity index (χ4v) is 1.72. The quantitative estimate of drug-likeness (QED) is 0.627. The first kappa shape index (κ1) is 11.2. The molecule has 0 aliphatic carbocycles. The summed E-state index contributed by atoms with van der Waals surface area (Å²) in [5, 5.41) is 0.628. The Balaban J connectivity index is 2.54. The van der Waals surface area contributed by atoms with Crippen LogP contribution >= 0.6 is 23.2 Å². The number of nitrogens with zero attached hydrogens (tertiary/aromatic N) is 2. The van der Waals surface area contributed by atoms with E-state index in [2.05, 4.69) is 9.97 Å². The standard InChI is InChI=1S/C11H9Cl2N3/c1-6-2-3-7(4-8(6)14)11-15-9(12)5-10(13)16-11/h2-5H,14H2,1H3. The first-order valence-electron chi connectivity index (χ1n) is 4.63. The minimum Gasteiger partial charge on any atom is -0.398 e. The van der Waals surface area contributed by atoms with Crippen LogP contribution in [-0.2, 0) is 0 Å². The van der Waals surface area contributed by atoms with Gasteiger partial charge in [-0.05, 0) is 18.6 Å². The lowest BCUT2D eigenvalue weighted by Crippen LogP contribution is -1.93. The van der Waals surface area contributed by atoms with Crippen molar-refractivity contribution < 1.29 is 0 Å². The highest BCUT2D eigenvalue weighted by atomic mass is 35.5. The Hall–Kier alpha value is -1.32. The van der Waals surface area contributed by atoms with Crippen molar-refractivity contribution in [3.8, 4) is 11.4 Å². The number of hydrogen-bond acceptors (Lipinski definition) is 3. The smallest absolute Gasteiger partial charge is 0.162 e. The number of aromatic nitrogens is 2. The molecule has 2 aromatic rings. The summed E-state index contributed by atoms with van der Waals surface area (Å²) in [6, 6.07) is 7.08. The van der Waals surface area contributed by atoms with E-state index >= 15 is 0 Å². The molecule has 16 heavy (non-hydrogen) atoms. The maximum absolute atomic E-state index is 5.81. The summed E-state index contributed by atoms with van der Waals surface area (Å²) in [4.78, 5) is 8.18. The number of rotatable bonds is 1. The average Bonchev–Trinajstić information content (AvgIpc) is 2.20. The van der Waals surface area contributed by atoms with Crippen LogP contribution in [0.2, 0.25) is 10.3 Å². The maximum Gasteiger partial charge on any atom is 0.162 e. The van der Waals surface area contributed by atoms with E-state index in [1.807, 2.05) is 19.1 Å². The average molecular weight is 254 g/mol. The topological polar surface area (TPSA) is 51.8 Å². The largest absolute Gasteiger partial charge is 0.398 e. The molecule has 0 bridgehead atoms. The van der Waals surface area contributed by atoms with Crippen molar-refractivity contribution in [3.05, 3.63) is 40.1 Å². The molecule has 0 radical (unpaired) electrons. The van der Waals surface area contributed by atoms with Crippen LogP contribution in [-0.4, -0.2) is 9.97 Å². The van der Waals surface area contributed by atoms with Gasteiger partial charge in [-0.2, -0.15) is 0 Å². The zero-order chi connectivity index (χ0) is 11.7. The third-order valence-corrected chi connectivity index (χ3v) is 2.59. The molecular weight excluding hydrogens is 245 g/mol. The molecule has 0 unspecified atom stereocenters. The summed E-state index contributed by atoms with van der Waals surface area (Å²) >= 11 is 11.6. The zero-order valence-electron chi connectivity index (χ0n) is 8.54. The Kier molecular flexibility index (Phi) is 2.99. The molecule has 3 nitrogen and oxygen atoms in total. The van der Waals surface area contributed by atoms with Gasteiger partial charge in [0.25, 0.3) is 0 Å². The normalized spacial score (nSPS) is 10.4. The van der Waals surface area contributed by atoms with Crippen LogP contribution < -0.4 is 5.73 Å². The number of halogens is 2. The minimum absolute atomic E-state index is 0.314. The Bertz CT molecular complexity index is 520. The third kappa shape index (κ3) is 2.26. The molecule has 0 spiro atoms. The molecule has 1 aromatic heterocycles. The zero-order valence-corrected chi connectivity index (χ0v) is 10.0. The molecule has 2 N–H and O–H groups in total. The van der Waals surface area contributed by atoms with Gasteiger partial charge in [-0.25, -0.2) is 9.97 Å². The van der Waals surface area contributed by atoms with Crippen LogP contribution in [0.25, 0.3) is 11.4 Å². The summed E-state index contributed by atoms with van der Waals surface area (Å²) in [7, 11) is 0. The molecule has 0 amide bonds. The van der Waals surface area contributed by atoms with Crippen molar-refractivity contribution in [2.24, 2.45) is 0 Å². The fraction of sp³-hybridized carbons (Fsp3) is 0.0909. The van der Waals surface area contributed by atoms with Crippen molar-refractivity contribution in [1.82, 2.24) is 9.97 Å². The first-order chi connectivity index (χ1) is 7.56. The number of nitrogen functional groups attached to an aromatic ring is 1. The van der Waals surface area contributed by atoms with Gasteiger partial charge in [-0.3, -0.25) is 0 Å². The number of aryl methyl sites for hydroxylation is 1. The van der Waals surface area contributed by atoms with Gasteiger partial charge < -0.3 is 5.73 Å². The molecule has 82 valence electrons. The number of hydrogen-bond donors (Lipinski definition) is 1. The van der Waals surface area contributed by atoms with E-state index in [-0.39, 0.29) is 0 Å². The molecule has 5 heteroatoms. The summed E-state index contributed by atoms with van der Waals surface area (Å²) in [6.45, 7) is 1.94. The molecule has 1 heterocycles. The monoisotopic (exact) mass is 253 g/mol. The van der Waals surface area contributed by atoms with Crippen LogP contribution in [0.1, 0.15) is 5.56 Å². The van der Waals surface area contributed by atoms with E-state index in [4.69, 9.17) is 28.9 Å². The fourth-order valence-electron chi connectivity index (χ4n) is 1.30. The Morgan fingerprint density at radius 2 is 1.69 bits per heavy atom. The van der Waals surface area contributed by atoms with Crippen LogP contribution in [0, 0.1) is 6.92 Å². The van der Waals surface area contributed by atoms with Gasteiger partial charge in [0.1, 0.15) is 10.3 Å². The van der Waals surface area contributed by atoms with Gasteiger partial charge in [0.05, 0.1) is 0 Å². The summed E-state index contributed by atoms with van der Waals surface area (Å²) in [5.74, 6) is 0.476. The van der Waals surface area contributed by atoms with E-state index in [1.54, 1.807) is 6.07 Å². The van der Waals surface area contributed by atoms with Crippen LogP contribution in [0.3, 0.4) is 0 Å².